The van der Waals surface area contributed by atoms with E-state index in [2.05, 4.69) is 15.5 Å². The first-order valence-corrected chi connectivity index (χ1v) is 9.39. The summed E-state index contributed by atoms with van der Waals surface area (Å²) in [5, 5.41) is 11.1. The summed E-state index contributed by atoms with van der Waals surface area (Å²) in [6.07, 6.45) is 4.27. The summed E-state index contributed by atoms with van der Waals surface area (Å²) in [4.78, 5) is 11.9. The molecule has 1 fully saturated rings. The summed E-state index contributed by atoms with van der Waals surface area (Å²) in [5.41, 5.74) is 19.8. The number of nitrogens with zero attached hydrogens (tertiary/aromatic N) is 3. The van der Waals surface area contributed by atoms with Crippen LogP contribution in [0, 0.1) is 23.2 Å². The second-order valence-electron chi connectivity index (χ2n) is 7.48. The Morgan fingerprint density at radius 3 is 2.75 bits per heavy atom. The molecule has 1 saturated carbocycles. The predicted molar refractivity (Wildman–Crippen MR) is 104 cm³/mol. The van der Waals surface area contributed by atoms with E-state index >= 15 is 0 Å². The molecule has 1 heterocycles. The van der Waals surface area contributed by atoms with Crippen LogP contribution in [0.5, 0.6) is 0 Å². The van der Waals surface area contributed by atoms with Gasteiger partial charge in [0.15, 0.2) is 5.82 Å². The van der Waals surface area contributed by atoms with Crippen molar-refractivity contribution >= 4 is 17.4 Å². The topological polar surface area (TPSA) is 135 Å². The van der Waals surface area contributed by atoms with Crippen molar-refractivity contribution in [3.05, 3.63) is 41.8 Å². The van der Waals surface area contributed by atoms with Gasteiger partial charge in [-0.2, -0.15) is 10.2 Å². The molecule has 0 spiro atoms. The van der Waals surface area contributed by atoms with E-state index in [-0.39, 0.29) is 29.4 Å². The summed E-state index contributed by atoms with van der Waals surface area (Å²) in [7, 11) is 0. The van der Waals surface area contributed by atoms with Gasteiger partial charge in [-0.25, -0.2) is 9.92 Å². The summed E-state index contributed by atoms with van der Waals surface area (Å²) < 4.78 is 14.9. The van der Waals surface area contributed by atoms with E-state index in [0.717, 1.165) is 19.3 Å². The average molecular weight is 387 g/mol. The zero-order valence-electron chi connectivity index (χ0n) is 15.8. The number of carbonyl (C=O) groups excluding carboxylic acids is 1. The molecule has 2 aromatic rings. The van der Waals surface area contributed by atoms with Crippen LogP contribution in [0.3, 0.4) is 0 Å². The Hall–Kier alpha value is -2.81. The van der Waals surface area contributed by atoms with Crippen molar-refractivity contribution in [2.75, 3.05) is 11.9 Å². The minimum atomic E-state index is -0.588. The number of amides is 1. The molecule has 150 valence electrons. The number of rotatable bonds is 7. The van der Waals surface area contributed by atoms with Crippen molar-refractivity contribution in [2.45, 2.75) is 38.3 Å². The summed E-state index contributed by atoms with van der Waals surface area (Å²) in [6, 6.07) is 5.76. The van der Waals surface area contributed by atoms with Crippen LogP contribution in [-0.2, 0) is 0 Å². The number of carbonyl (C=O) groups is 1. The van der Waals surface area contributed by atoms with Gasteiger partial charge in [0.2, 0.25) is 0 Å². The minimum Gasteiger partial charge on any atom is -0.365 e. The van der Waals surface area contributed by atoms with E-state index in [0.29, 0.717) is 24.0 Å². The van der Waals surface area contributed by atoms with Crippen LogP contribution in [0.1, 0.15) is 42.6 Å². The van der Waals surface area contributed by atoms with Gasteiger partial charge in [-0.3, -0.25) is 9.48 Å². The van der Waals surface area contributed by atoms with E-state index < -0.39 is 5.91 Å². The Balaban J connectivity index is 1.88. The van der Waals surface area contributed by atoms with Crippen molar-refractivity contribution in [3.8, 4) is 0 Å². The summed E-state index contributed by atoms with van der Waals surface area (Å²) >= 11 is 0. The number of halogens is 1. The van der Waals surface area contributed by atoms with E-state index in [9.17, 15) is 9.18 Å². The standard InChI is InChI=1S/C19H26FN7O/c1-11(21)15-8-12(9-24-23)2-7-17(15)27-10-16(18(22)28)19(26-27)25-14-5-3-13(20)4-6-14/h3-6,10-12,15,17,23H,2,7-9,21H2,1H3,(H2,22,28)(H,25,26)/t11-,12?,15?,17?/m1/s1. The molecule has 28 heavy (non-hydrogen) atoms. The third-order valence-corrected chi connectivity index (χ3v) is 5.44. The van der Waals surface area contributed by atoms with Crippen LogP contribution < -0.4 is 16.8 Å². The zero-order valence-corrected chi connectivity index (χ0v) is 15.8. The fraction of sp³-hybridized carbons (Fsp3) is 0.474. The molecule has 9 heteroatoms. The lowest BCUT2D eigenvalue weighted by atomic mass is 9.75. The molecule has 0 radical (unpaired) electrons. The first-order chi connectivity index (χ1) is 13.4. The van der Waals surface area contributed by atoms with Crippen molar-refractivity contribution in [2.24, 2.45) is 28.4 Å². The highest BCUT2D eigenvalue weighted by atomic mass is 19.1. The number of aromatic nitrogens is 2. The van der Waals surface area contributed by atoms with Gasteiger partial charge in [0, 0.05) is 17.9 Å². The summed E-state index contributed by atoms with van der Waals surface area (Å²) in [6.45, 7) is 2.48. The van der Waals surface area contributed by atoms with Crippen LogP contribution in [0.4, 0.5) is 15.9 Å². The van der Waals surface area contributed by atoms with Gasteiger partial charge in [0.25, 0.3) is 5.91 Å². The molecule has 0 aliphatic heterocycles. The van der Waals surface area contributed by atoms with Crippen molar-refractivity contribution < 1.29 is 9.18 Å². The second kappa shape index (κ2) is 8.47. The molecule has 1 aliphatic rings. The molecule has 8 nitrogen and oxygen atoms in total. The highest BCUT2D eigenvalue weighted by Gasteiger charge is 2.35. The van der Waals surface area contributed by atoms with E-state index in [1.807, 2.05) is 6.92 Å². The SMILES string of the molecule is C[C@@H](N)C1CC(CN=N)CCC1n1cc(C(N)=O)c(Nc2ccc(F)cc2)n1. The lowest BCUT2D eigenvalue weighted by Crippen LogP contribution is -2.39. The molecule has 1 aliphatic carbocycles. The molecule has 6 N–H and O–H groups in total. The lowest BCUT2D eigenvalue weighted by Gasteiger charge is -2.37. The van der Waals surface area contributed by atoms with Crippen molar-refractivity contribution in [3.63, 3.8) is 0 Å². The number of nitrogens with two attached hydrogens (primary N) is 2. The molecule has 0 saturated heterocycles. The highest BCUT2D eigenvalue weighted by molar-refractivity contribution is 5.98. The van der Waals surface area contributed by atoms with Crippen LogP contribution in [-0.4, -0.2) is 28.3 Å². The Kier molecular flexibility index (Phi) is 6.03. The van der Waals surface area contributed by atoms with Crippen LogP contribution >= 0.6 is 0 Å². The Bertz CT molecular complexity index is 833. The molecule has 3 rings (SSSR count). The molecule has 1 aromatic heterocycles. The average Bonchev–Trinajstić information content (AvgIpc) is 3.08. The number of hydrogen-bond donors (Lipinski definition) is 4. The largest absolute Gasteiger partial charge is 0.365 e. The first-order valence-electron chi connectivity index (χ1n) is 9.39. The number of primary amides is 1. The van der Waals surface area contributed by atoms with Crippen LogP contribution in [0.2, 0.25) is 0 Å². The number of hydrogen-bond acceptors (Lipinski definition) is 6. The maximum Gasteiger partial charge on any atom is 0.254 e. The Morgan fingerprint density at radius 2 is 2.14 bits per heavy atom. The van der Waals surface area contributed by atoms with E-state index in [4.69, 9.17) is 17.0 Å². The molecule has 0 bridgehead atoms. The highest BCUT2D eigenvalue weighted by Crippen LogP contribution is 2.39. The molecule has 1 amide bonds. The van der Waals surface area contributed by atoms with Gasteiger partial charge in [0.05, 0.1) is 12.6 Å². The minimum absolute atomic E-state index is 0.0313. The van der Waals surface area contributed by atoms with Crippen LogP contribution in [0.25, 0.3) is 0 Å². The van der Waals surface area contributed by atoms with E-state index in [1.165, 1.54) is 12.1 Å². The van der Waals surface area contributed by atoms with Crippen molar-refractivity contribution in [1.29, 1.82) is 5.53 Å². The monoisotopic (exact) mass is 387 g/mol. The van der Waals surface area contributed by atoms with Gasteiger partial charge < -0.3 is 16.8 Å². The fourth-order valence-electron chi connectivity index (χ4n) is 3.97. The van der Waals surface area contributed by atoms with Gasteiger partial charge in [0.1, 0.15) is 11.4 Å². The van der Waals surface area contributed by atoms with Crippen LogP contribution in [0.15, 0.2) is 35.6 Å². The fourth-order valence-corrected chi connectivity index (χ4v) is 3.97. The smallest absolute Gasteiger partial charge is 0.254 e. The van der Waals surface area contributed by atoms with Gasteiger partial charge in [-0.05, 0) is 62.3 Å². The normalized spacial score (nSPS) is 23.2. The number of benzene rings is 1. The first kappa shape index (κ1) is 19.9. The van der Waals surface area contributed by atoms with Gasteiger partial charge in [-0.1, -0.05) is 0 Å². The Morgan fingerprint density at radius 1 is 1.43 bits per heavy atom. The maximum atomic E-state index is 13.1. The quantitative estimate of drug-likeness (QED) is 0.542. The molecule has 1 aromatic carbocycles. The molecule has 4 atom stereocenters. The molecular formula is C19H26FN7O. The van der Waals surface area contributed by atoms with Crippen molar-refractivity contribution in [1.82, 2.24) is 9.78 Å². The third-order valence-electron chi connectivity index (χ3n) is 5.44. The summed E-state index contributed by atoms with van der Waals surface area (Å²) in [5.74, 6) is -0.101. The molecular weight excluding hydrogens is 361 g/mol. The number of nitrogens with one attached hydrogen (secondary N) is 2. The second-order valence-corrected chi connectivity index (χ2v) is 7.48. The van der Waals surface area contributed by atoms with Gasteiger partial charge in [-0.15, -0.1) is 0 Å². The Labute approximate surface area is 163 Å². The molecule has 3 unspecified atom stereocenters. The number of anilines is 2. The third kappa shape index (κ3) is 4.36. The zero-order chi connectivity index (χ0) is 20.3. The maximum absolute atomic E-state index is 13.1. The van der Waals surface area contributed by atoms with Gasteiger partial charge >= 0.3 is 0 Å². The predicted octanol–water partition coefficient (Wildman–Crippen LogP) is 3.20. The van der Waals surface area contributed by atoms with E-state index in [1.54, 1.807) is 23.0 Å². The lowest BCUT2D eigenvalue weighted by molar-refractivity contribution is 0.100.